The molecule has 0 aliphatic carbocycles. The molecular weight excluding hydrogens is 753 g/mol. The molecule has 8 nitrogen and oxygen atoms in total. The van der Waals surface area contributed by atoms with Crippen LogP contribution in [0.1, 0.15) is 279 Å². The van der Waals surface area contributed by atoms with Gasteiger partial charge in [0.15, 0.2) is 0 Å². The van der Waals surface area contributed by atoms with Crippen LogP contribution in [-0.4, -0.2) is 47.3 Å². The van der Waals surface area contributed by atoms with E-state index in [1.807, 2.05) is 0 Å². The predicted molar refractivity (Wildman–Crippen MR) is 251 cm³/mol. The van der Waals surface area contributed by atoms with Crippen LogP contribution in [0.15, 0.2) is 0 Å². The Morgan fingerprint density at radius 3 is 1.10 bits per heavy atom. The number of ether oxygens (including phenoxy) is 2. The van der Waals surface area contributed by atoms with Crippen molar-refractivity contribution in [3.8, 4) is 0 Å². The van der Waals surface area contributed by atoms with Crippen LogP contribution in [0, 0.1) is 17.3 Å². The average Bonchev–Trinajstić information content (AvgIpc) is 3.23. The van der Waals surface area contributed by atoms with Crippen molar-refractivity contribution in [1.82, 2.24) is 0 Å². The van der Waals surface area contributed by atoms with Crippen molar-refractivity contribution < 1.29 is 38.9 Å². The first-order valence-electron chi connectivity index (χ1n) is 25.8. The van der Waals surface area contributed by atoms with E-state index in [0.717, 1.165) is 128 Å². The lowest BCUT2D eigenvalue weighted by Crippen LogP contribution is -2.36. The SMILES string of the molecule is CCCCC(CC)CC(CCCCCCCC(=O)O)(CC(CC)CCCC)C(=O)O.CCCCCCCCOC(=O)CCCCCCCCC(=O)OCCCCCCCC. The molecule has 0 spiro atoms. The van der Waals surface area contributed by atoms with E-state index in [1.54, 1.807) is 0 Å². The maximum atomic E-state index is 12.6. The number of carbonyl (C=O) groups excluding carboxylic acids is 2. The van der Waals surface area contributed by atoms with Gasteiger partial charge in [0.05, 0.1) is 18.6 Å². The summed E-state index contributed by atoms with van der Waals surface area (Å²) in [6.07, 6.45) is 38.2. The standard InChI is InChI=1S/2C26H50O4/c1-5-9-16-22(7-3)20-26(25(29)30,21-23(8-4)17-10-6-2)19-15-13-11-12-14-18-24(27)28;1-3-5-7-9-15-19-23-29-25(27)21-17-13-11-12-14-18-22-26(28)30-24-20-16-10-8-6-4-2/h22-23H,5-21H2,1-4H3,(H,27,28)(H,29,30);3-24H2,1-2H3. The zero-order chi connectivity index (χ0) is 45.0. The number of hydrogen-bond donors (Lipinski definition) is 2. The van der Waals surface area contributed by atoms with Gasteiger partial charge >= 0.3 is 23.9 Å². The summed E-state index contributed by atoms with van der Waals surface area (Å²) >= 11 is 0. The minimum Gasteiger partial charge on any atom is -0.481 e. The molecule has 356 valence electrons. The summed E-state index contributed by atoms with van der Waals surface area (Å²) < 4.78 is 10.6. The molecule has 0 saturated carbocycles. The number of carbonyl (C=O) groups is 4. The highest BCUT2D eigenvalue weighted by Gasteiger charge is 2.41. The first-order chi connectivity index (χ1) is 29.0. The molecule has 0 bridgehead atoms. The number of esters is 2. The van der Waals surface area contributed by atoms with Gasteiger partial charge in [-0.15, -0.1) is 0 Å². The molecule has 0 saturated heterocycles. The first-order valence-corrected chi connectivity index (χ1v) is 25.8. The van der Waals surface area contributed by atoms with Crippen LogP contribution in [0.5, 0.6) is 0 Å². The highest BCUT2D eigenvalue weighted by atomic mass is 16.5. The number of carboxylic acid groups (broad SMARTS) is 2. The van der Waals surface area contributed by atoms with Gasteiger partial charge in [0, 0.05) is 19.3 Å². The van der Waals surface area contributed by atoms with Crippen molar-refractivity contribution in [3.63, 3.8) is 0 Å². The van der Waals surface area contributed by atoms with Gasteiger partial charge in [-0.2, -0.15) is 0 Å². The van der Waals surface area contributed by atoms with Crippen LogP contribution in [0.2, 0.25) is 0 Å². The summed E-state index contributed by atoms with van der Waals surface area (Å²) in [6, 6.07) is 0. The van der Waals surface area contributed by atoms with E-state index in [0.29, 0.717) is 37.9 Å². The normalized spacial score (nSPS) is 13.2. The molecule has 0 aromatic carbocycles. The third kappa shape index (κ3) is 38.8. The number of aliphatic carboxylic acids is 2. The van der Waals surface area contributed by atoms with Crippen molar-refractivity contribution >= 4 is 23.9 Å². The highest BCUT2D eigenvalue weighted by Crippen LogP contribution is 2.43. The Balaban J connectivity index is 0. The van der Waals surface area contributed by atoms with E-state index in [9.17, 15) is 24.3 Å². The lowest BCUT2D eigenvalue weighted by molar-refractivity contribution is -0.152. The number of hydrogen-bond acceptors (Lipinski definition) is 6. The quantitative estimate of drug-likeness (QED) is 0.0458. The Labute approximate surface area is 371 Å². The zero-order valence-electron chi connectivity index (χ0n) is 40.6. The van der Waals surface area contributed by atoms with Gasteiger partial charge in [0.2, 0.25) is 0 Å². The monoisotopic (exact) mass is 853 g/mol. The van der Waals surface area contributed by atoms with Crippen LogP contribution >= 0.6 is 0 Å². The van der Waals surface area contributed by atoms with Gasteiger partial charge in [-0.1, -0.05) is 208 Å². The lowest BCUT2D eigenvalue weighted by atomic mass is 9.67. The van der Waals surface area contributed by atoms with E-state index >= 15 is 0 Å². The molecule has 0 amide bonds. The zero-order valence-corrected chi connectivity index (χ0v) is 40.6. The molecule has 8 heteroatoms. The predicted octanol–water partition coefficient (Wildman–Crippen LogP) is 16.0. The number of unbranched alkanes of at least 4 members (excludes halogenated alkanes) is 21. The second-order valence-corrected chi connectivity index (χ2v) is 18.1. The third-order valence-corrected chi connectivity index (χ3v) is 12.5. The summed E-state index contributed by atoms with van der Waals surface area (Å²) in [5.74, 6) is -0.400. The Bertz CT molecular complexity index is 927. The average molecular weight is 853 g/mol. The third-order valence-electron chi connectivity index (χ3n) is 12.5. The van der Waals surface area contributed by atoms with E-state index in [2.05, 4.69) is 41.5 Å². The van der Waals surface area contributed by atoms with Crippen molar-refractivity contribution in [1.29, 1.82) is 0 Å². The number of rotatable bonds is 44. The molecular formula is C52H100O8. The maximum absolute atomic E-state index is 12.6. The molecule has 0 aliphatic heterocycles. The maximum Gasteiger partial charge on any atom is 0.309 e. The van der Waals surface area contributed by atoms with Crippen LogP contribution in [0.25, 0.3) is 0 Å². The van der Waals surface area contributed by atoms with E-state index in [4.69, 9.17) is 14.6 Å². The fraction of sp³-hybridized carbons (Fsp3) is 0.923. The van der Waals surface area contributed by atoms with Gasteiger partial charge in [0.25, 0.3) is 0 Å². The van der Waals surface area contributed by atoms with Crippen LogP contribution in [0.4, 0.5) is 0 Å². The van der Waals surface area contributed by atoms with Crippen LogP contribution < -0.4 is 0 Å². The summed E-state index contributed by atoms with van der Waals surface area (Å²) in [7, 11) is 0. The van der Waals surface area contributed by atoms with Gasteiger partial charge < -0.3 is 19.7 Å². The fourth-order valence-electron chi connectivity index (χ4n) is 8.36. The molecule has 0 heterocycles. The largest absolute Gasteiger partial charge is 0.481 e. The molecule has 60 heavy (non-hydrogen) atoms. The Morgan fingerprint density at radius 1 is 0.417 bits per heavy atom. The van der Waals surface area contributed by atoms with Crippen molar-refractivity contribution in [2.45, 2.75) is 279 Å². The molecule has 0 aromatic heterocycles. The van der Waals surface area contributed by atoms with Crippen molar-refractivity contribution in [2.75, 3.05) is 13.2 Å². The summed E-state index contributed by atoms with van der Waals surface area (Å²) in [6.45, 7) is 14.4. The van der Waals surface area contributed by atoms with E-state index in [1.165, 1.54) is 89.9 Å². The van der Waals surface area contributed by atoms with Gasteiger partial charge in [-0.25, -0.2) is 0 Å². The molecule has 0 radical (unpaired) electrons. The van der Waals surface area contributed by atoms with E-state index < -0.39 is 17.4 Å². The second-order valence-electron chi connectivity index (χ2n) is 18.1. The lowest BCUT2D eigenvalue weighted by Gasteiger charge is -2.36. The smallest absolute Gasteiger partial charge is 0.309 e. The minimum absolute atomic E-state index is 0.0448. The molecule has 0 fully saturated rings. The molecule has 0 rings (SSSR count). The molecule has 2 atom stereocenters. The summed E-state index contributed by atoms with van der Waals surface area (Å²) in [5.41, 5.74) is -0.593. The Morgan fingerprint density at radius 2 is 0.750 bits per heavy atom. The van der Waals surface area contributed by atoms with Crippen molar-refractivity contribution in [2.24, 2.45) is 17.3 Å². The first kappa shape index (κ1) is 60.0. The highest BCUT2D eigenvalue weighted by molar-refractivity contribution is 5.74. The fourth-order valence-corrected chi connectivity index (χ4v) is 8.36. The Kier molecular flexibility index (Phi) is 44.9. The van der Waals surface area contributed by atoms with Crippen LogP contribution in [0.3, 0.4) is 0 Å². The van der Waals surface area contributed by atoms with Gasteiger partial charge in [-0.05, 0) is 63.2 Å². The molecule has 0 aromatic rings. The van der Waals surface area contributed by atoms with Gasteiger partial charge in [0.1, 0.15) is 0 Å². The molecule has 0 aliphatic rings. The molecule has 2 unspecified atom stereocenters. The van der Waals surface area contributed by atoms with E-state index in [-0.39, 0.29) is 18.4 Å². The molecule has 2 N–H and O–H groups in total. The van der Waals surface area contributed by atoms with Crippen LogP contribution in [-0.2, 0) is 28.7 Å². The Hall–Kier alpha value is -2.12. The summed E-state index contributed by atoms with van der Waals surface area (Å²) in [5, 5.41) is 19.2. The minimum atomic E-state index is -0.727. The topological polar surface area (TPSA) is 127 Å². The second kappa shape index (κ2) is 44.9. The van der Waals surface area contributed by atoms with Crippen molar-refractivity contribution in [3.05, 3.63) is 0 Å². The number of carboxylic acids is 2. The summed E-state index contributed by atoms with van der Waals surface area (Å²) in [4.78, 5) is 46.7. The van der Waals surface area contributed by atoms with Gasteiger partial charge in [-0.3, -0.25) is 19.2 Å².